The lowest BCUT2D eigenvalue weighted by atomic mass is 10.1. The van der Waals surface area contributed by atoms with E-state index in [1.54, 1.807) is 6.92 Å². The molecule has 20 heavy (non-hydrogen) atoms. The van der Waals surface area contributed by atoms with Gasteiger partial charge in [-0.2, -0.15) is 0 Å². The topological polar surface area (TPSA) is 110 Å². The number of nitro benzene ring substituents is 1. The molecular weight excluding hydrogens is 332 g/mol. The average Bonchev–Trinajstić information content (AvgIpc) is 2.37. The summed E-state index contributed by atoms with van der Waals surface area (Å²) in [6.07, 6.45) is 0.289. The lowest BCUT2D eigenvalue weighted by Crippen LogP contribution is -2.27. The Hall–Kier alpha value is -1.96. The standard InChI is InChI=1S/C12H13BrN2O5/c1-7(12(17)18)2-3-14-11(16)8-4-9(13)6-10(5-8)15(19)20/h4-7H,2-3H2,1H3,(H,14,16)(H,17,18). The molecule has 1 amide bonds. The maximum absolute atomic E-state index is 11.8. The molecule has 0 aromatic heterocycles. The summed E-state index contributed by atoms with van der Waals surface area (Å²) >= 11 is 3.10. The highest BCUT2D eigenvalue weighted by atomic mass is 79.9. The Labute approximate surface area is 123 Å². The van der Waals surface area contributed by atoms with Crippen LogP contribution in [0.3, 0.4) is 0 Å². The number of aliphatic carboxylic acids is 1. The third-order valence-electron chi connectivity index (χ3n) is 2.64. The Balaban J connectivity index is 2.68. The minimum atomic E-state index is -0.933. The number of rotatable bonds is 6. The first-order valence-corrected chi connectivity index (χ1v) is 6.56. The van der Waals surface area contributed by atoms with Gasteiger partial charge in [0.05, 0.1) is 10.8 Å². The van der Waals surface area contributed by atoms with Gasteiger partial charge in [0.2, 0.25) is 0 Å². The number of benzene rings is 1. The number of carbonyl (C=O) groups is 2. The van der Waals surface area contributed by atoms with E-state index in [1.807, 2.05) is 0 Å². The summed E-state index contributed by atoms with van der Waals surface area (Å²) in [4.78, 5) is 32.5. The number of carbonyl (C=O) groups excluding carboxylic acids is 1. The molecule has 0 heterocycles. The van der Waals surface area contributed by atoms with E-state index in [4.69, 9.17) is 5.11 Å². The van der Waals surface area contributed by atoms with E-state index in [9.17, 15) is 19.7 Å². The predicted octanol–water partition coefficient (Wildman–Crippen LogP) is 2.20. The number of non-ortho nitro benzene ring substituents is 1. The zero-order chi connectivity index (χ0) is 15.3. The quantitative estimate of drug-likeness (QED) is 0.607. The molecule has 0 radical (unpaired) electrons. The number of nitro groups is 1. The molecule has 0 aliphatic heterocycles. The minimum Gasteiger partial charge on any atom is -0.481 e. The fourth-order valence-corrected chi connectivity index (χ4v) is 1.92. The first-order chi connectivity index (χ1) is 9.31. The lowest BCUT2D eigenvalue weighted by Gasteiger charge is -2.08. The number of halogens is 1. The zero-order valence-corrected chi connectivity index (χ0v) is 12.2. The normalized spacial score (nSPS) is 11.7. The smallest absolute Gasteiger partial charge is 0.306 e. The van der Waals surface area contributed by atoms with Gasteiger partial charge in [-0.3, -0.25) is 19.7 Å². The third-order valence-corrected chi connectivity index (χ3v) is 3.10. The summed E-state index contributed by atoms with van der Waals surface area (Å²) in [6.45, 7) is 1.73. The van der Waals surface area contributed by atoms with Crippen LogP contribution in [0.2, 0.25) is 0 Å². The number of nitrogens with one attached hydrogen (secondary N) is 1. The molecule has 0 aliphatic rings. The van der Waals surface area contributed by atoms with Crippen LogP contribution in [0.15, 0.2) is 22.7 Å². The molecule has 0 fully saturated rings. The van der Waals surface area contributed by atoms with Crippen LogP contribution < -0.4 is 5.32 Å². The van der Waals surface area contributed by atoms with E-state index in [1.165, 1.54) is 18.2 Å². The number of carboxylic acid groups (broad SMARTS) is 1. The molecule has 0 bridgehead atoms. The monoisotopic (exact) mass is 344 g/mol. The van der Waals surface area contributed by atoms with Crippen molar-refractivity contribution >= 4 is 33.5 Å². The van der Waals surface area contributed by atoms with Crippen molar-refractivity contribution in [2.45, 2.75) is 13.3 Å². The summed E-state index contributed by atoms with van der Waals surface area (Å²) in [6, 6.07) is 3.92. The number of nitrogens with zero attached hydrogens (tertiary/aromatic N) is 1. The van der Waals surface area contributed by atoms with Gasteiger partial charge in [-0.1, -0.05) is 22.9 Å². The first kappa shape index (κ1) is 16.1. The summed E-state index contributed by atoms with van der Waals surface area (Å²) < 4.78 is 0.427. The highest BCUT2D eigenvalue weighted by molar-refractivity contribution is 9.10. The van der Waals surface area contributed by atoms with Crippen molar-refractivity contribution < 1.29 is 19.6 Å². The molecule has 1 aromatic carbocycles. The SMILES string of the molecule is CC(CCNC(=O)c1cc(Br)cc([N+](=O)[O-])c1)C(=O)O. The zero-order valence-electron chi connectivity index (χ0n) is 10.6. The predicted molar refractivity (Wildman–Crippen MR) is 74.5 cm³/mol. The van der Waals surface area contributed by atoms with Gasteiger partial charge in [0, 0.05) is 28.7 Å². The Bertz CT molecular complexity index is 547. The van der Waals surface area contributed by atoms with Crippen LogP contribution in [-0.4, -0.2) is 28.5 Å². The van der Waals surface area contributed by atoms with E-state index in [2.05, 4.69) is 21.2 Å². The van der Waals surface area contributed by atoms with Crippen LogP contribution in [0.25, 0.3) is 0 Å². The molecule has 7 nitrogen and oxygen atoms in total. The van der Waals surface area contributed by atoms with Gasteiger partial charge in [-0.05, 0) is 12.5 Å². The molecule has 0 spiro atoms. The maximum Gasteiger partial charge on any atom is 0.306 e. The second kappa shape index (κ2) is 6.99. The van der Waals surface area contributed by atoms with E-state index in [0.29, 0.717) is 4.47 Å². The Kier molecular flexibility index (Phi) is 5.63. The van der Waals surface area contributed by atoms with Gasteiger partial charge in [0.1, 0.15) is 0 Å². The van der Waals surface area contributed by atoms with Crippen molar-refractivity contribution in [1.29, 1.82) is 0 Å². The van der Waals surface area contributed by atoms with Crippen LogP contribution in [0.5, 0.6) is 0 Å². The van der Waals surface area contributed by atoms with Gasteiger partial charge in [-0.25, -0.2) is 0 Å². The lowest BCUT2D eigenvalue weighted by molar-refractivity contribution is -0.385. The molecule has 108 valence electrons. The van der Waals surface area contributed by atoms with Crippen LogP contribution in [0, 0.1) is 16.0 Å². The Morgan fingerprint density at radius 1 is 1.45 bits per heavy atom. The van der Waals surface area contributed by atoms with E-state index in [0.717, 1.165) is 0 Å². The minimum absolute atomic E-state index is 0.147. The van der Waals surface area contributed by atoms with Crippen molar-refractivity contribution in [3.05, 3.63) is 38.3 Å². The van der Waals surface area contributed by atoms with Crippen LogP contribution in [-0.2, 0) is 4.79 Å². The van der Waals surface area contributed by atoms with Gasteiger partial charge in [0.15, 0.2) is 0 Å². The number of amides is 1. The molecule has 1 rings (SSSR count). The molecule has 1 atom stereocenters. The van der Waals surface area contributed by atoms with Gasteiger partial charge in [0.25, 0.3) is 11.6 Å². The van der Waals surface area contributed by atoms with Gasteiger partial charge >= 0.3 is 5.97 Å². The van der Waals surface area contributed by atoms with Gasteiger partial charge < -0.3 is 10.4 Å². The summed E-state index contributed by atoms with van der Waals surface area (Å²) in [5, 5.41) is 21.9. The summed E-state index contributed by atoms with van der Waals surface area (Å²) in [5.41, 5.74) is -0.0440. The molecule has 1 aromatic rings. The van der Waals surface area contributed by atoms with Crippen LogP contribution in [0.1, 0.15) is 23.7 Å². The molecule has 8 heteroatoms. The van der Waals surface area contributed by atoms with Crippen molar-refractivity contribution in [2.24, 2.45) is 5.92 Å². The van der Waals surface area contributed by atoms with Gasteiger partial charge in [-0.15, -0.1) is 0 Å². The van der Waals surface area contributed by atoms with Crippen molar-refractivity contribution in [1.82, 2.24) is 5.32 Å². The largest absolute Gasteiger partial charge is 0.481 e. The molecule has 1 unspecified atom stereocenters. The maximum atomic E-state index is 11.8. The Morgan fingerprint density at radius 3 is 2.65 bits per heavy atom. The highest BCUT2D eigenvalue weighted by Gasteiger charge is 2.15. The summed E-state index contributed by atoms with van der Waals surface area (Å²) in [5.74, 6) is -1.98. The molecule has 0 saturated heterocycles. The second-order valence-corrected chi connectivity index (χ2v) is 5.15. The van der Waals surface area contributed by atoms with Crippen molar-refractivity contribution in [2.75, 3.05) is 6.54 Å². The fraction of sp³-hybridized carbons (Fsp3) is 0.333. The summed E-state index contributed by atoms with van der Waals surface area (Å²) in [7, 11) is 0. The van der Waals surface area contributed by atoms with E-state index >= 15 is 0 Å². The van der Waals surface area contributed by atoms with E-state index in [-0.39, 0.29) is 24.2 Å². The van der Waals surface area contributed by atoms with Crippen LogP contribution in [0.4, 0.5) is 5.69 Å². The number of carboxylic acids is 1. The average molecular weight is 345 g/mol. The second-order valence-electron chi connectivity index (χ2n) is 4.24. The highest BCUT2D eigenvalue weighted by Crippen LogP contribution is 2.21. The number of hydrogen-bond donors (Lipinski definition) is 2. The van der Waals surface area contributed by atoms with Crippen LogP contribution >= 0.6 is 15.9 Å². The van der Waals surface area contributed by atoms with E-state index < -0.39 is 22.7 Å². The van der Waals surface area contributed by atoms with Crippen molar-refractivity contribution in [3.63, 3.8) is 0 Å². The van der Waals surface area contributed by atoms with Crippen molar-refractivity contribution in [3.8, 4) is 0 Å². The molecule has 0 saturated carbocycles. The Morgan fingerprint density at radius 2 is 2.10 bits per heavy atom. The fourth-order valence-electron chi connectivity index (χ4n) is 1.44. The molecular formula is C12H13BrN2O5. The molecule has 0 aliphatic carbocycles. The third kappa shape index (κ3) is 4.61. The number of hydrogen-bond acceptors (Lipinski definition) is 4. The first-order valence-electron chi connectivity index (χ1n) is 5.77. The molecule has 2 N–H and O–H groups in total.